The van der Waals surface area contributed by atoms with Crippen molar-refractivity contribution in [2.75, 3.05) is 99.2 Å². The molecule has 11 rings (SSSR count). The number of carbonyl (C=O) groups is 2. The van der Waals surface area contributed by atoms with Crippen molar-refractivity contribution in [1.29, 1.82) is 0 Å². The number of anilines is 4. The summed E-state index contributed by atoms with van der Waals surface area (Å²) in [5.41, 5.74) is 7.72. The van der Waals surface area contributed by atoms with E-state index in [1.54, 1.807) is 12.1 Å². The Balaban J connectivity index is 0.000000175. The number of nitrogens with one attached hydrogen (secondary N) is 2. The van der Waals surface area contributed by atoms with Gasteiger partial charge >= 0.3 is 31.5 Å². The summed E-state index contributed by atoms with van der Waals surface area (Å²) in [5.74, 6) is 0.573. The number of ether oxygens (including phenoxy) is 2. The van der Waals surface area contributed by atoms with E-state index < -0.39 is 83.6 Å². The van der Waals surface area contributed by atoms with Crippen LogP contribution < -0.4 is 25.9 Å². The lowest BCUT2D eigenvalue weighted by atomic mass is 9.76. The number of rotatable bonds is 14. The standard InChI is InChI=1S/C29H38F3N7O2Si.C20H28BF3N2O3.C15H22ClN5OSi/c1-20-5-6-23(33-28(40)38-8-7-21(17-38)16-29(30,31)32)15-24(20)22-13-25(26-18-39(36-35-26)19-42(2,3)4)34-27(14-22)37-9-11-41-12-10-37;1-13-6-7-15(10-16(13)21-28-18(2,3)19(4,5)29-21)25-17(27)26-9-8-14(12-26)11-20(22,23)24;1-23(2,3)11-21-10-14(18-19-21)13-8-12(16)9-15(17-13)20-4-6-22-7-5-20/h5-6,13-15,18,21H,7-12,16-17,19H2,1-4H3,(H,33,40);6-7,10,14H,8-9,11-12H2,1-5H3,(H,25,27);8-10H,4-7,11H2,1-3H3/t21-;14-;/m00./s1. The minimum atomic E-state index is -4.23. The molecule has 4 amide bonds. The van der Waals surface area contributed by atoms with Gasteiger partial charge in [-0.25, -0.2) is 19.6 Å². The topological polar surface area (TPSA) is 195 Å². The maximum Gasteiger partial charge on any atom is 0.495 e. The summed E-state index contributed by atoms with van der Waals surface area (Å²) in [6.07, 6.45) is -3.75. The van der Waals surface area contributed by atoms with E-state index in [0.717, 1.165) is 102 Å². The molecule has 0 aliphatic carbocycles. The number of likely N-dealkylation sites (tertiary alicyclic amines) is 2. The van der Waals surface area contributed by atoms with Crippen LogP contribution in [0.4, 0.5) is 58.9 Å². The number of pyridine rings is 2. The molecule has 0 bridgehead atoms. The highest BCUT2D eigenvalue weighted by Gasteiger charge is 2.52. The number of nitrogens with zero attached hydrogens (tertiary/aromatic N) is 12. The molecule has 0 radical (unpaired) electrons. The normalized spacial score (nSPS) is 19.2. The molecule has 0 spiro atoms. The Bertz CT molecular complexity index is 3580. The lowest BCUT2D eigenvalue weighted by Gasteiger charge is -2.32. The van der Waals surface area contributed by atoms with Gasteiger partial charge in [0.1, 0.15) is 23.0 Å². The molecule has 5 aliphatic rings. The zero-order chi connectivity index (χ0) is 68.1. The molecule has 9 heterocycles. The summed E-state index contributed by atoms with van der Waals surface area (Å²) in [5, 5.41) is 23.7. The van der Waals surface area contributed by atoms with Gasteiger partial charge in [0, 0.05) is 93.9 Å². The molecule has 0 unspecified atom stereocenters. The smallest absolute Gasteiger partial charge is 0.399 e. The second-order valence-electron chi connectivity index (χ2n) is 28.4. The lowest BCUT2D eigenvalue weighted by molar-refractivity contribution is -0.144. The van der Waals surface area contributed by atoms with Gasteiger partial charge in [-0.05, 0) is 137 Å². The number of carbonyl (C=O) groups excluding carboxylic acids is 2. The Hall–Kier alpha value is -6.63. The van der Waals surface area contributed by atoms with E-state index in [0.29, 0.717) is 66.9 Å². The van der Waals surface area contributed by atoms with Crippen molar-refractivity contribution < 1.29 is 54.7 Å². The number of urea groups is 2. The number of halogens is 7. The van der Waals surface area contributed by atoms with E-state index in [-0.39, 0.29) is 13.1 Å². The van der Waals surface area contributed by atoms with E-state index in [9.17, 15) is 35.9 Å². The molecular formula is C64H88BClF6N14O6Si2. The van der Waals surface area contributed by atoms with Crippen LogP contribution in [-0.2, 0) is 31.1 Å². The molecular weight excluding hydrogens is 1280 g/mol. The van der Waals surface area contributed by atoms with Crippen LogP contribution in [0, 0.1) is 25.7 Å². The highest BCUT2D eigenvalue weighted by atomic mass is 35.5. The fourth-order valence-corrected chi connectivity index (χ4v) is 14.1. The van der Waals surface area contributed by atoms with Crippen molar-refractivity contribution in [3.05, 3.63) is 89.2 Å². The fourth-order valence-electron chi connectivity index (χ4n) is 11.7. The molecule has 5 fully saturated rings. The maximum atomic E-state index is 13.0. The molecule has 2 aromatic carbocycles. The zero-order valence-corrected chi connectivity index (χ0v) is 58.6. The van der Waals surface area contributed by atoms with E-state index in [1.807, 2.05) is 112 Å². The van der Waals surface area contributed by atoms with Crippen LogP contribution in [0.15, 0.2) is 73.1 Å². The van der Waals surface area contributed by atoms with Crippen LogP contribution >= 0.6 is 11.6 Å². The van der Waals surface area contributed by atoms with Crippen LogP contribution in [0.1, 0.15) is 64.5 Å². The third-order valence-corrected chi connectivity index (χ3v) is 19.9. The van der Waals surface area contributed by atoms with E-state index in [2.05, 4.69) is 80.3 Å². The van der Waals surface area contributed by atoms with Gasteiger partial charge in [0.25, 0.3) is 0 Å². The number of aryl methyl sites for hydroxylation is 2. The van der Waals surface area contributed by atoms with Gasteiger partial charge in [0.15, 0.2) is 0 Å². The predicted octanol–water partition coefficient (Wildman–Crippen LogP) is 12.6. The fraction of sp³-hybridized carbons (Fsp3) is 0.562. The number of aromatic nitrogens is 8. The average Bonchev–Trinajstić information content (AvgIpc) is 1.58. The molecule has 6 aromatic rings. The maximum absolute atomic E-state index is 13.0. The van der Waals surface area contributed by atoms with Crippen LogP contribution in [0.2, 0.25) is 44.3 Å². The first-order valence-electron chi connectivity index (χ1n) is 32.0. The van der Waals surface area contributed by atoms with Crippen molar-refractivity contribution in [3.8, 4) is 33.9 Å². The number of amides is 4. The minimum absolute atomic E-state index is 0.0963. The quantitative estimate of drug-likeness (QED) is 0.0772. The minimum Gasteiger partial charge on any atom is -0.399 e. The molecule has 510 valence electrons. The lowest BCUT2D eigenvalue weighted by Crippen LogP contribution is -2.41. The Kier molecular flexibility index (Phi) is 22.4. The Labute approximate surface area is 553 Å². The Morgan fingerprint density at radius 3 is 1.49 bits per heavy atom. The SMILES string of the molecule is C[Si](C)(C)Cn1cc(-c2cc(Cl)cc(N3CCOCC3)n2)nn1.Cc1ccc(NC(=O)N2CC[C@@H](CC(F)(F)F)C2)cc1-c1cc(-c2cn(C[Si](C)(C)C)nn2)nc(N2CCOCC2)c1.Cc1ccc(NC(=O)N2CC[C@@H](CC(F)(F)F)C2)cc1B1OC(C)(C)C(C)(C)O1. The summed E-state index contributed by atoms with van der Waals surface area (Å²) >= 11 is 6.29. The zero-order valence-electron chi connectivity index (χ0n) is 55.8. The van der Waals surface area contributed by atoms with Gasteiger partial charge in [0.05, 0.1) is 77.6 Å². The second kappa shape index (κ2) is 29.4. The van der Waals surface area contributed by atoms with Crippen LogP contribution in [0.5, 0.6) is 0 Å². The van der Waals surface area contributed by atoms with Gasteiger partial charge in [-0.3, -0.25) is 9.36 Å². The molecule has 94 heavy (non-hydrogen) atoms. The average molecular weight is 1370 g/mol. The Morgan fingerprint density at radius 1 is 0.596 bits per heavy atom. The van der Waals surface area contributed by atoms with Crippen molar-refractivity contribution in [3.63, 3.8) is 0 Å². The van der Waals surface area contributed by atoms with Gasteiger partial charge < -0.3 is 49.0 Å². The molecule has 5 saturated heterocycles. The van der Waals surface area contributed by atoms with Crippen molar-refractivity contribution >= 4 is 75.4 Å². The first-order chi connectivity index (χ1) is 44.0. The molecule has 0 saturated carbocycles. The van der Waals surface area contributed by atoms with Gasteiger partial charge in [-0.15, -0.1) is 10.2 Å². The summed E-state index contributed by atoms with van der Waals surface area (Å²) < 4.78 is 103. The van der Waals surface area contributed by atoms with Crippen molar-refractivity contribution in [2.24, 2.45) is 11.8 Å². The van der Waals surface area contributed by atoms with E-state index in [1.165, 1.54) is 9.80 Å². The third kappa shape index (κ3) is 20.0. The second-order valence-corrected chi connectivity index (χ2v) is 39.8. The summed E-state index contributed by atoms with van der Waals surface area (Å²) in [6.45, 7) is 32.2. The predicted molar refractivity (Wildman–Crippen MR) is 360 cm³/mol. The number of hydrogen-bond acceptors (Lipinski definition) is 14. The molecule has 20 nitrogen and oxygen atoms in total. The van der Waals surface area contributed by atoms with Crippen LogP contribution in [0.25, 0.3) is 33.9 Å². The highest BCUT2D eigenvalue weighted by molar-refractivity contribution is 6.75. The summed E-state index contributed by atoms with van der Waals surface area (Å²) in [7, 11) is -3.21. The Morgan fingerprint density at radius 2 is 1.03 bits per heavy atom. The first kappa shape index (κ1) is 71.7. The molecule has 4 aromatic heterocycles. The largest absolute Gasteiger partial charge is 0.495 e. The molecule has 30 heteroatoms. The summed E-state index contributed by atoms with van der Waals surface area (Å²) in [6, 6.07) is 18.1. The first-order valence-corrected chi connectivity index (χ1v) is 39.8. The van der Waals surface area contributed by atoms with E-state index in [4.69, 9.17) is 40.4 Å². The number of morpholine rings is 2. The summed E-state index contributed by atoms with van der Waals surface area (Å²) in [4.78, 5) is 42.4. The monoisotopic (exact) mass is 1360 g/mol. The molecule has 2 atom stereocenters. The number of alkyl halides is 6. The van der Waals surface area contributed by atoms with E-state index >= 15 is 0 Å². The molecule has 2 N–H and O–H groups in total. The van der Waals surface area contributed by atoms with Gasteiger partial charge in [-0.1, -0.05) is 79.0 Å². The van der Waals surface area contributed by atoms with Gasteiger partial charge in [-0.2, -0.15) is 26.3 Å². The van der Waals surface area contributed by atoms with Crippen LogP contribution in [0.3, 0.4) is 0 Å². The molecule has 5 aliphatic heterocycles. The number of hydrogen-bond donors (Lipinski definition) is 2. The van der Waals surface area contributed by atoms with Crippen molar-refractivity contribution in [1.82, 2.24) is 49.8 Å². The third-order valence-electron chi connectivity index (χ3n) is 17.2. The van der Waals surface area contributed by atoms with Gasteiger partial charge in [0.2, 0.25) is 0 Å². The van der Waals surface area contributed by atoms with Crippen molar-refractivity contribution in [2.45, 2.75) is 142 Å². The van der Waals surface area contributed by atoms with Crippen LogP contribution in [-0.4, -0.2) is 187 Å². The highest BCUT2D eigenvalue weighted by Crippen LogP contribution is 2.39. The number of benzene rings is 2.